The van der Waals surface area contributed by atoms with Crippen molar-refractivity contribution in [3.63, 3.8) is 0 Å². The molecular formula is C19H22N4O. The van der Waals surface area contributed by atoms with Crippen LogP contribution in [0.3, 0.4) is 0 Å². The van der Waals surface area contributed by atoms with E-state index in [0.29, 0.717) is 12.1 Å². The van der Waals surface area contributed by atoms with Gasteiger partial charge in [-0.25, -0.2) is 4.68 Å². The molecule has 0 spiro atoms. The monoisotopic (exact) mass is 322 g/mol. The van der Waals surface area contributed by atoms with Crippen LogP contribution in [-0.2, 0) is 12.8 Å². The van der Waals surface area contributed by atoms with Crippen molar-refractivity contribution in [2.75, 3.05) is 0 Å². The fraction of sp³-hybridized carbons (Fsp3) is 0.421. The van der Waals surface area contributed by atoms with Gasteiger partial charge in [0.15, 0.2) is 5.69 Å². The normalized spacial score (nSPS) is 15.0. The van der Waals surface area contributed by atoms with Crippen molar-refractivity contribution in [2.45, 2.75) is 51.5 Å². The number of carbonyl (C=O) groups is 1. The Balaban J connectivity index is 1.99. The zero-order valence-corrected chi connectivity index (χ0v) is 14.0. The number of aromatic nitrogens is 2. The Hall–Kier alpha value is -2.61. The smallest absolute Gasteiger partial charge is 0.272 e. The predicted octanol–water partition coefficient (Wildman–Crippen LogP) is 3.17. The Labute approximate surface area is 142 Å². The lowest BCUT2D eigenvalue weighted by Crippen LogP contribution is -2.33. The van der Waals surface area contributed by atoms with Gasteiger partial charge < -0.3 is 5.32 Å². The minimum absolute atomic E-state index is 0.175. The zero-order chi connectivity index (χ0) is 16.9. The van der Waals surface area contributed by atoms with Crippen molar-refractivity contribution >= 4 is 5.91 Å². The zero-order valence-electron chi connectivity index (χ0n) is 14.0. The molecule has 124 valence electrons. The maximum Gasteiger partial charge on any atom is 0.272 e. The van der Waals surface area contributed by atoms with Crippen molar-refractivity contribution < 1.29 is 4.79 Å². The molecule has 5 nitrogen and oxygen atoms in total. The van der Waals surface area contributed by atoms with E-state index in [-0.39, 0.29) is 11.9 Å². The first-order valence-electron chi connectivity index (χ1n) is 8.54. The summed E-state index contributed by atoms with van der Waals surface area (Å²) >= 11 is 0. The summed E-state index contributed by atoms with van der Waals surface area (Å²) in [5, 5.41) is 16.3. The van der Waals surface area contributed by atoms with Crippen molar-refractivity contribution in [3.05, 3.63) is 47.3 Å². The molecule has 0 saturated carbocycles. The van der Waals surface area contributed by atoms with Crippen molar-refractivity contribution in [3.8, 4) is 11.8 Å². The second kappa shape index (κ2) is 7.31. The number of nitrogens with one attached hydrogen (secondary N) is 1. The van der Waals surface area contributed by atoms with Gasteiger partial charge in [0, 0.05) is 17.3 Å². The standard InChI is InChI=1S/C19H22N4O/c1-14(12-13-20)21-19(24)18-16-10-6-3-7-11-17(16)23(22-18)15-8-4-2-5-9-15/h2,4-5,8-9,14H,3,6-7,10-12H2,1H3,(H,21,24)/t14-/m1/s1. The first-order valence-corrected chi connectivity index (χ1v) is 8.54. The third kappa shape index (κ3) is 3.33. The molecule has 24 heavy (non-hydrogen) atoms. The molecule has 0 fully saturated rings. The molecular weight excluding hydrogens is 300 g/mol. The van der Waals surface area contributed by atoms with Gasteiger partial charge in [0.25, 0.3) is 5.91 Å². The lowest BCUT2D eigenvalue weighted by Gasteiger charge is -2.09. The number of nitriles is 1. The summed E-state index contributed by atoms with van der Waals surface area (Å²) in [7, 11) is 0. The van der Waals surface area contributed by atoms with Gasteiger partial charge in [-0.2, -0.15) is 10.4 Å². The SMILES string of the molecule is C[C@H](CC#N)NC(=O)c1nn(-c2ccccc2)c2c1CCCCC2. The predicted molar refractivity (Wildman–Crippen MR) is 92.0 cm³/mol. The Kier molecular flexibility index (Phi) is 4.95. The molecule has 1 aromatic carbocycles. The third-order valence-electron chi connectivity index (χ3n) is 4.42. The molecule has 1 amide bonds. The maximum atomic E-state index is 12.7. The van der Waals surface area contributed by atoms with Crippen LogP contribution in [0.5, 0.6) is 0 Å². The number of para-hydroxylation sites is 1. The molecule has 0 aliphatic heterocycles. The Morgan fingerprint density at radius 1 is 1.29 bits per heavy atom. The van der Waals surface area contributed by atoms with Gasteiger partial charge in [-0.1, -0.05) is 24.6 Å². The number of benzene rings is 1. The van der Waals surface area contributed by atoms with Crippen LogP contribution in [0.25, 0.3) is 5.69 Å². The van der Waals surface area contributed by atoms with Gasteiger partial charge in [0.05, 0.1) is 18.2 Å². The maximum absolute atomic E-state index is 12.7. The molecule has 1 aromatic heterocycles. The number of fused-ring (bicyclic) bond motifs is 1. The summed E-state index contributed by atoms with van der Waals surface area (Å²) in [4.78, 5) is 12.7. The highest BCUT2D eigenvalue weighted by atomic mass is 16.2. The summed E-state index contributed by atoms with van der Waals surface area (Å²) in [6.45, 7) is 1.84. The average molecular weight is 322 g/mol. The van der Waals surface area contributed by atoms with Crippen molar-refractivity contribution in [1.29, 1.82) is 5.26 Å². The van der Waals surface area contributed by atoms with Crippen LogP contribution in [0.15, 0.2) is 30.3 Å². The largest absolute Gasteiger partial charge is 0.347 e. The topological polar surface area (TPSA) is 70.7 Å². The number of carbonyl (C=O) groups excluding carboxylic acids is 1. The first-order chi connectivity index (χ1) is 11.7. The fourth-order valence-electron chi connectivity index (χ4n) is 3.22. The third-order valence-corrected chi connectivity index (χ3v) is 4.42. The lowest BCUT2D eigenvalue weighted by atomic mass is 10.1. The summed E-state index contributed by atoms with van der Waals surface area (Å²) < 4.78 is 1.92. The minimum atomic E-state index is -0.175. The van der Waals surface area contributed by atoms with E-state index in [1.807, 2.05) is 41.9 Å². The molecule has 0 bridgehead atoms. The molecule has 3 rings (SSSR count). The van der Waals surface area contributed by atoms with Gasteiger partial charge in [-0.3, -0.25) is 4.79 Å². The molecule has 5 heteroatoms. The van der Waals surface area contributed by atoms with E-state index in [2.05, 4.69) is 16.5 Å². The molecule has 1 N–H and O–H groups in total. The van der Waals surface area contributed by atoms with Gasteiger partial charge >= 0.3 is 0 Å². The quantitative estimate of drug-likeness (QED) is 0.879. The average Bonchev–Trinajstić information content (AvgIpc) is 2.77. The molecule has 0 unspecified atom stereocenters. The number of hydrogen-bond acceptors (Lipinski definition) is 3. The van der Waals surface area contributed by atoms with Crippen LogP contribution in [0.1, 0.15) is 54.4 Å². The van der Waals surface area contributed by atoms with E-state index in [9.17, 15) is 4.79 Å². The van der Waals surface area contributed by atoms with Crippen LogP contribution < -0.4 is 5.32 Å². The van der Waals surface area contributed by atoms with E-state index in [0.717, 1.165) is 42.6 Å². The summed E-state index contributed by atoms with van der Waals surface area (Å²) in [5.74, 6) is -0.175. The van der Waals surface area contributed by atoms with Crippen molar-refractivity contribution in [1.82, 2.24) is 15.1 Å². The molecule has 1 aliphatic carbocycles. The number of nitrogens with zero attached hydrogens (tertiary/aromatic N) is 3. The van der Waals surface area contributed by atoms with E-state index < -0.39 is 0 Å². The van der Waals surface area contributed by atoms with E-state index in [4.69, 9.17) is 5.26 Å². The van der Waals surface area contributed by atoms with E-state index in [1.54, 1.807) is 0 Å². The minimum Gasteiger partial charge on any atom is -0.347 e. The van der Waals surface area contributed by atoms with Gasteiger partial charge in [-0.15, -0.1) is 0 Å². The van der Waals surface area contributed by atoms with Gasteiger partial charge in [-0.05, 0) is 44.7 Å². The first kappa shape index (κ1) is 16.3. The van der Waals surface area contributed by atoms with Gasteiger partial charge in [0.2, 0.25) is 0 Å². The van der Waals surface area contributed by atoms with Crippen LogP contribution in [0, 0.1) is 11.3 Å². The summed E-state index contributed by atoms with van der Waals surface area (Å²) in [5.41, 5.74) is 3.72. The van der Waals surface area contributed by atoms with E-state index in [1.165, 1.54) is 6.42 Å². The molecule has 0 radical (unpaired) electrons. The lowest BCUT2D eigenvalue weighted by molar-refractivity contribution is 0.0934. The summed E-state index contributed by atoms with van der Waals surface area (Å²) in [6, 6.07) is 11.9. The molecule has 1 heterocycles. The Morgan fingerprint density at radius 3 is 2.79 bits per heavy atom. The highest BCUT2D eigenvalue weighted by Gasteiger charge is 2.25. The Bertz CT molecular complexity index is 758. The fourth-order valence-corrected chi connectivity index (χ4v) is 3.22. The van der Waals surface area contributed by atoms with Crippen LogP contribution in [0.4, 0.5) is 0 Å². The number of amides is 1. The number of rotatable bonds is 4. The van der Waals surface area contributed by atoms with Crippen LogP contribution in [-0.4, -0.2) is 21.7 Å². The van der Waals surface area contributed by atoms with Crippen molar-refractivity contribution in [2.24, 2.45) is 0 Å². The summed E-state index contributed by atoms with van der Waals surface area (Å²) in [6.07, 6.45) is 5.51. The molecule has 0 saturated heterocycles. The van der Waals surface area contributed by atoms with Gasteiger partial charge in [0.1, 0.15) is 0 Å². The molecule has 1 aliphatic rings. The highest BCUT2D eigenvalue weighted by Crippen LogP contribution is 2.26. The van der Waals surface area contributed by atoms with Crippen LogP contribution in [0.2, 0.25) is 0 Å². The highest BCUT2D eigenvalue weighted by molar-refractivity contribution is 5.94. The Morgan fingerprint density at radius 2 is 2.04 bits per heavy atom. The second-order valence-electron chi connectivity index (χ2n) is 6.32. The molecule has 2 aromatic rings. The molecule has 1 atom stereocenters. The second-order valence-corrected chi connectivity index (χ2v) is 6.32. The van der Waals surface area contributed by atoms with Crippen LogP contribution >= 0.6 is 0 Å². The number of hydrogen-bond donors (Lipinski definition) is 1. The van der Waals surface area contributed by atoms with E-state index >= 15 is 0 Å².